The van der Waals surface area contributed by atoms with Crippen LogP contribution in [-0.4, -0.2) is 47.7 Å². The quantitative estimate of drug-likeness (QED) is 0.718. The first kappa shape index (κ1) is 19.6. The van der Waals surface area contributed by atoms with Crippen molar-refractivity contribution in [2.24, 2.45) is 16.9 Å². The van der Waals surface area contributed by atoms with E-state index in [1.807, 2.05) is 0 Å². The van der Waals surface area contributed by atoms with Gasteiger partial charge in [0, 0.05) is 25.3 Å². The zero-order valence-corrected chi connectivity index (χ0v) is 16.4. The van der Waals surface area contributed by atoms with Crippen molar-refractivity contribution in [1.29, 1.82) is 0 Å². The minimum Gasteiger partial charge on any atom is -0.336 e. The van der Waals surface area contributed by atoms with Crippen LogP contribution in [0.1, 0.15) is 64.2 Å². The fourth-order valence-corrected chi connectivity index (χ4v) is 4.72. The van der Waals surface area contributed by atoms with Gasteiger partial charge in [-0.3, -0.25) is 14.9 Å². The van der Waals surface area contributed by atoms with Gasteiger partial charge < -0.3 is 5.32 Å². The van der Waals surface area contributed by atoms with E-state index in [1.54, 1.807) is 7.05 Å². The highest BCUT2D eigenvalue weighted by atomic mass is 35.5. The number of piperidine rings is 1. The molecule has 1 aliphatic carbocycles. The summed E-state index contributed by atoms with van der Waals surface area (Å²) in [4.78, 5) is 23.8. The highest BCUT2D eigenvalue weighted by molar-refractivity contribution is 6.39. The number of nitrogens with zero attached hydrogens (tertiary/aromatic N) is 2. The van der Waals surface area contributed by atoms with E-state index in [1.165, 1.54) is 43.5 Å². The zero-order valence-electron chi connectivity index (χ0n) is 15.7. The van der Waals surface area contributed by atoms with Gasteiger partial charge in [-0.15, -0.1) is 11.6 Å². The predicted molar refractivity (Wildman–Crippen MR) is 103 cm³/mol. The van der Waals surface area contributed by atoms with Crippen molar-refractivity contribution in [3.05, 3.63) is 0 Å². The first-order valence-electron chi connectivity index (χ1n) is 10.0. The van der Waals surface area contributed by atoms with Gasteiger partial charge in [0.15, 0.2) is 0 Å². The Labute approximate surface area is 161 Å². The van der Waals surface area contributed by atoms with Gasteiger partial charge in [0.2, 0.25) is 5.91 Å². The summed E-state index contributed by atoms with van der Waals surface area (Å²) in [7, 11) is 1.59. The van der Waals surface area contributed by atoms with Crippen LogP contribution < -0.4 is 10.6 Å². The third-order valence-electron chi connectivity index (χ3n) is 5.99. The molecule has 0 spiro atoms. The average Bonchev–Trinajstić information content (AvgIpc) is 2.63. The number of alkyl halides is 1. The van der Waals surface area contributed by atoms with Crippen LogP contribution in [0.25, 0.3) is 0 Å². The van der Waals surface area contributed by atoms with Gasteiger partial charge in [-0.1, -0.05) is 19.3 Å². The standard InChI is InChI=1S/C19H31ClN4O2/c1-24-18(25)10-8-16(23-24)19(26)22-17-9-7-14(12-21-17)6-5-13-3-2-4-15(20)11-13/h13-15,17,21H,2-12H2,1H3,(H,22,26). The van der Waals surface area contributed by atoms with Gasteiger partial charge in [0.25, 0.3) is 5.91 Å². The first-order valence-corrected chi connectivity index (χ1v) is 10.5. The predicted octanol–water partition coefficient (Wildman–Crippen LogP) is 2.61. The largest absolute Gasteiger partial charge is 0.336 e. The molecule has 1 saturated heterocycles. The number of hydrazone groups is 1. The zero-order chi connectivity index (χ0) is 18.5. The Balaban J connectivity index is 1.36. The van der Waals surface area contributed by atoms with E-state index in [2.05, 4.69) is 15.7 Å². The minimum absolute atomic E-state index is 0.00582. The Morgan fingerprint density at radius 2 is 2.04 bits per heavy atom. The number of rotatable bonds is 5. The van der Waals surface area contributed by atoms with Crippen LogP contribution in [0.4, 0.5) is 0 Å². The van der Waals surface area contributed by atoms with Crippen LogP contribution in [0.5, 0.6) is 0 Å². The Morgan fingerprint density at radius 3 is 2.73 bits per heavy atom. The summed E-state index contributed by atoms with van der Waals surface area (Å²) >= 11 is 6.30. The summed E-state index contributed by atoms with van der Waals surface area (Å²) < 4.78 is 0. The summed E-state index contributed by atoms with van der Waals surface area (Å²) in [5.41, 5.74) is 0.448. The van der Waals surface area contributed by atoms with Gasteiger partial charge in [-0.2, -0.15) is 5.10 Å². The maximum atomic E-state index is 12.3. The van der Waals surface area contributed by atoms with Crippen molar-refractivity contribution >= 4 is 29.1 Å². The Morgan fingerprint density at radius 1 is 1.23 bits per heavy atom. The third kappa shape index (κ3) is 5.43. The number of carbonyl (C=O) groups is 2. The van der Waals surface area contributed by atoms with E-state index >= 15 is 0 Å². The van der Waals surface area contributed by atoms with Gasteiger partial charge >= 0.3 is 0 Å². The molecule has 2 fully saturated rings. The molecule has 0 aromatic rings. The average molecular weight is 383 g/mol. The Hall–Kier alpha value is -1.14. The highest BCUT2D eigenvalue weighted by Crippen LogP contribution is 2.32. The molecule has 7 heteroatoms. The van der Waals surface area contributed by atoms with Crippen molar-refractivity contribution < 1.29 is 9.59 Å². The minimum atomic E-state index is -0.157. The molecule has 2 amide bonds. The van der Waals surface area contributed by atoms with Crippen molar-refractivity contribution in [2.45, 2.75) is 75.8 Å². The van der Waals surface area contributed by atoms with Crippen molar-refractivity contribution in [3.8, 4) is 0 Å². The molecule has 146 valence electrons. The van der Waals surface area contributed by atoms with Crippen LogP contribution in [0.2, 0.25) is 0 Å². The summed E-state index contributed by atoms with van der Waals surface area (Å²) in [6.45, 7) is 0.951. The molecule has 0 bridgehead atoms. The first-order chi connectivity index (χ1) is 12.5. The molecular formula is C19H31ClN4O2. The molecule has 26 heavy (non-hydrogen) atoms. The molecule has 6 nitrogen and oxygen atoms in total. The topological polar surface area (TPSA) is 73.8 Å². The SMILES string of the molecule is CN1N=C(C(=O)NC2CCC(CCC3CCCC(Cl)C3)CN2)CCC1=O. The van der Waals surface area contributed by atoms with Gasteiger partial charge in [-0.25, -0.2) is 5.01 Å². The number of nitrogens with one attached hydrogen (secondary N) is 2. The van der Waals surface area contributed by atoms with Crippen LogP contribution in [0.15, 0.2) is 5.10 Å². The molecule has 4 atom stereocenters. The van der Waals surface area contributed by atoms with E-state index < -0.39 is 0 Å². The lowest BCUT2D eigenvalue weighted by molar-refractivity contribution is -0.130. The second-order valence-corrected chi connectivity index (χ2v) is 8.67. The fraction of sp³-hybridized carbons (Fsp3) is 0.842. The second kappa shape index (κ2) is 9.18. The summed E-state index contributed by atoms with van der Waals surface area (Å²) in [6.07, 6.45) is 10.4. The molecule has 0 radical (unpaired) electrons. The lowest BCUT2D eigenvalue weighted by Crippen LogP contribution is -2.52. The lowest BCUT2D eigenvalue weighted by Gasteiger charge is -2.32. The van der Waals surface area contributed by atoms with E-state index in [9.17, 15) is 9.59 Å². The van der Waals surface area contributed by atoms with Crippen LogP contribution >= 0.6 is 11.6 Å². The third-order valence-corrected chi connectivity index (χ3v) is 6.39. The van der Waals surface area contributed by atoms with Crippen molar-refractivity contribution in [2.75, 3.05) is 13.6 Å². The summed E-state index contributed by atoms with van der Waals surface area (Å²) in [6, 6.07) is 0. The normalized spacial score (nSPS) is 32.9. The molecule has 1 saturated carbocycles. The van der Waals surface area contributed by atoms with E-state index in [0.717, 1.165) is 25.3 Å². The summed E-state index contributed by atoms with van der Waals surface area (Å²) in [5, 5.41) is 12.2. The number of halogens is 1. The molecule has 2 heterocycles. The van der Waals surface area contributed by atoms with E-state index in [-0.39, 0.29) is 18.0 Å². The molecule has 0 aromatic heterocycles. The van der Waals surface area contributed by atoms with E-state index in [0.29, 0.717) is 29.8 Å². The van der Waals surface area contributed by atoms with Gasteiger partial charge in [0.05, 0.1) is 6.17 Å². The highest BCUT2D eigenvalue weighted by Gasteiger charge is 2.27. The fourth-order valence-electron chi connectivity index (χ4n) is 4.32. The summed E-state index contributed by atoms with van der Waals surface area (Å²) in [5.74, 6) is 1.29. The van der Waals surface area contributed by atoms with Gasteiger partial charge in [0.1, 0.15) is 5.71 Å². The smallest absolute Gasteiger partial charge is 0.268 e. The molecule has 4 unspecified atom stereocenters. The van der Waals surface area contributed by atoms with Crippen molar-refractivity contribution in [3.63, 3.8) is 0 Å². The maximum Gasteiger partial charge on any atom is 0.268 e. The van der Waals surface area contributed by atoms with Gasteiger partial charge in [-0.05, 0) is 50.5 Å². The number of hydrogen-bond donors (Lipinski definition) is 2. The molecule has 2 N–H and O–H groups in total. The second-order valence-electron chi connectivity index (χ2n) is 8.05. The molecule has 0 aromatic carbocycles. The molecule has 3 aliphatic rings. The van der Waals surface area contributed by atoms with Crippen LogP contribution in [0, 0.1) is 11.8 Å². The monoisotopic (exact) mass is 382 g/mol. The van der Waals surface area contributed by atoms with E-state index in [4.69, 9.17) is 11.6 Å². The van der Waals surface area contributed by atoms with Crippen molar-refractivity contribution in [1.82, 2.24) is 15.6 Å². The van der Waals surface area contributed by atoms with Crippen LogP contribution in [0.3, 0.4) is 0 Å². The lowest BCUT2D eigenvalue weighted by atomic mass is 9.82. The number of amides is 2. The number of carbonyl (C=O) groups excluding carboxylic acids is 2. The molecule has 2 aliphatic heterocycles. The Bertz CT molecular complexity index is 546. The van der Waals surface area contributed by atoms with Crippen LogP contribution in [-0.2, 0) is 9.59 Å². The molecule has 3 rings (SSSR count). The maximum absolute atomic E-state index is 12.3. The number of hydrogen-bond acceptors (Lipinski definition) is 4. The molecular weight excluding hydrogens is 352 g/mol. The Kier molecular flexibility index (Phi) is 6.92.